The predicted molar refractivity (Wildman–Crippen MR) is 99.2 cm³/mol. The van der Waals surface area contributed by atoms with Crippen LogP contribution in [-0.4, -0.2) is 31.8 Å². The largest absolute Gasteiger partial charge is 0.378 e. The first-order valence-electron chi connectivity index (χ1n) is 9.40. The molecule has 2 aliphatic carbocycles. The van der Waals surface area contributed by atoms with Crippen molar-refractivity contribution in [3.8, 4) is 6.07 Å². The van der Waals surface area contributed by atoms with Gasteiger partial charge >= 0.3 is 0 Å². The quantitative estimate of drug-likeness (QED) is 0.627. The molecule has 0 aliphatic heterocycles. The summed E-state index contributed by atoms with van der Waals surface area (Å²) in [6.45, 7) is 3.09. The maximum Gasteiger partial charge on any atom is 0.191 e. The zero-order valence-electron chi connectivity index (χ0n) is 15.5. The van der Waals surface area contributed by atoms with E-state index in [9.17, 15) is 4.39 Å². The number of hydrogen-bond acceptors (Lipinski definition) is 3. The minimum absolute atomic E-state index is 0.208. The van der Waals surface area contributed by atoms with E-state index < -0.39 is 0 Å². The van der Waals surface area contributed by atoms with Gasteiger partial charge in [0.15, 0.2) is 5.96 Å². The molecule has 1 aromatic carbocycles. The molecule has 2 unspecified atom stereocenters. The second-order valence-electron chi connectivity index (χ2n) is 7.16. The molecule has 5 nitrogen and oxygen atoms in total. The Labute approximate surface area is 154 Å². The summed E-state index contributed by atoms with van der Waals surface area (Å²) in [6.07, 6.45) is 6.18. The molecule has 0 amide bonds. The van der Waals surface area contributed by atoms with Gasteiger partial charge in [0.05, 0.1) is 17.7 Å². The van der Waals surface area contributed by atoms with E-state index >= 15 is 0 Å². The summed E-state index contributed by atoms with van der Waals surface area (Å²) in [5, 5.41) is 15.7. The third-order valence-electron chi connectivity index (χ3n) is 5.84. The van der Waals surface area contributed by atoms with E-state index in [0.717, 1.165) is 13.0 Å². The fourth-order valence-corrected chi connectivity index (χ4v) is 4.41. The minimum atomic E-state index is -0.320. The molecule has 26 heavy (non-hydrogen) atoms. The number of nitrogens with zero attached hydrogens (tertiary/aromatic N) is 2. The lowest BCUT2D eigenvalue weighted by molar-refractivity contribution is -0.125. The molecule has 0 saturated heterocycles. The van der Waals surface area contributed by atoms with Crippen LogP contribution < -0.4 is 10.6 Å². The number of nitriles is 1. The van der Waals surface area contributed by atoms with E-state index in [1.165, 1.54) is 37.8 Å². The lowest BCUT2D eigenvalue weighted by Crippen LogP contribution is -2.65. The number of benzene rings is 1. The van der Waals surface area contributed by atoms with Gasteiger partial charge < -0.3 is 15.4 Å². The van der Waals surface area contributed by atoms with Gasteiger partial charge in [0, 0.05) is 37.2 Å². The molecule has 2 fully saturated rings. The molecule has 140 valence electrons. The molecule has 1 aromatic rings. The molecule has 0 bridgehead atoms. The molecule has 0 heterocycles. The Morgan fingerprint density at radius 2 is 2.19 bits per heavy atom. The van der Waals surface area contributed by atoms with Gasteiger partial charge in [-0.3, -0.25) is 4.99 Å². The highest BCUT2D eigenvalue weighted by Crippen LogP contribution is 2.54. The lowest BCUT2D eigenvalue weighted by Gasteiger charge is -2.54. The van der Waals surface area contributed by atoms with Crippen molar-refractivity contribution in [1.29, 1.82) is 5.26 Å². The monoisotopic (exact) mass is 358 g/mol. The molecule has 0 aromatic heterocycles. The number of nitrogens with one attached hydrogen (secondary N) is 2. The van der Waals surface area contributed by atoms with Crippen LogP contribution in [0, 0.1) is 22.6 Å². The standard InChI is InChI=1S/C20H27FN4O/c1-3-26-18-11-17(20(18)8-4-5-9-20)25-19(23-2)24-13-15-10-14(12-22)6-7-16(15)21/h6-7,10,17-18H,3-5,8-9,11,13H2,1-2H3,(H2,23,24,25). The topological polar surface area (TPSA) is 69.4 Å². The van der Waals surface area contributed by atoms with E-state index in [1.807, 2.05) is 13.0 Å². The minimum Gasteiger partial charge on any atom is -0.378 e. The first kappa shape index (κ1) is 18.7. The Balaban J connectivity index is 1.61. The molecule has 2 saturated carbocycles. The molecule has 2 aliphatic rings. The van der Waals surface area contributed by atoms with Crippen LogP contribution in [-0.2, 0) is 11.3 Å². The van der Waals surface area contributed by atoms with Crippen molar-refractivity contribution in [3.05, 3.63) is 35.1 Å². The average molecular weight is 358 g/mol. The van der Waals surface area contributed by atoms with Gasteiger partial charge in [-0.15, -0.1) is 0 Å². The van der Waals surface area contributed by atoms with Gasteiger partial charge in [0.25, 0.3) is 0 Å². The van der Waals surface area contributed by atoms with Gasteiger partial charge in [0.2, 0.25) is 0 Å². The smallest absolute Gasteiger partial charge is 0.191 e. The summed E-state index contributed by atoms with van der Waals surface area (Å²) in [7, 11) is 1.72. The third-order valence-corrected chi connectivity index (χ3v) is 5.84. The first-order valence-corrected chi connectivity index (χ1v) is 9.40. The van der Waals surface area contributed by atoms with E-state index in [-0.39, 0.29) is 17.8 Å². The Kier molecular flexibility index (Phi) is 5.77. The zero-order chi connectivity index (χ0) is 18.6. The van der Waals surface area contributed by atoms with Crippen LogP contribution in [0.1, 0.15) is 50.2 Å². The van der Waals surface area contributed by atoms with Crippen molar-refractivity contribution in [2.24, 2.45) is 10.4 Å². The highest BCUT2D eigenvalue weighted by molar-refractivity contribution is 5.80. The fourth-order valence-electron chi connectivity index (χ4n) is 4.41. The summed E-state index contributed by atoms with van der Waals surface area (Å²) in [4.78, 5) is 4.29. The molecule has 2 N–H and O–H groups in total. The second-order valence-corrected chi connectivity index (χ2v) is 7.16. The average Bonchev–Trinajstić information content (AvgIpc) is 3.17. The highest BCUT2D eigenvalue weighted by Gasteiger charge is 2.56. The third kappa shape index (κ3) is 3.54. The number of rotatable bonds is 5. The predicted octanol–water partition coefficient (Wildman–Crippen LogP) is 3.10. The Morgan fingerprint density at radius 1 is 1.42 bits per heavy atom. The van der Waals surface area contributed by atoms with Crippen LogP contribution in [0.2, 0.25) is 0 Å². The van der Waals surface area contributed by atoms with Crippen LogP contribution >= 0.6 is 0 Å². The second kappa shape index (κ2) is 8.05. The van der Waals surface area contributed by atoms with Crippen LogP contribution in [0.25, 0.3) is 0 Å². The number of guanidine groups is 1. The van der Waals surface area contributed by atoms with Crippen molar-refractivity contribution in [2.45, 2.75) is 57.7 Å². The van der Waals surface area contributed by atoms with Crippen molar-refractivity contribution in [3.63, 3.8) is 0 Å². The van der Waals surface area contributed by atoms with Crippen molar-refractivity contribution >= 4 is 5.96 Å². The van der Waals surface area contributed by atoms with Gasteiger partial charge in [-0.25, -0.2) is 4.39 Å². The zero-order valence-corrected chi connectivity index (χ0v) is 15.5. The Morgan fingerprint density at radius 3 is 2.85 bits per heavy atom. The summed E-state index contributed by atoms with van der Waals surface area (Å²) in [5.41, 5.74) is 1.12. The lowest BCUT2D eigenvalue weighted by atomic mass is 9.60. The van der Waals surface area contributed by atoms with E-state index in [1.54, 1.807) is 13.1 Å². The maximum atomic E-state index is 14.0. The fraction of sp³-hybridized carbons (Fsp3) is 0.600. The first-order chi connectivity index (χ1) is 12.6. The molecular weight excluding hydrogens is 331 g/mol. The van der Waals surface area contributed by atoms with E-state index in [4.69, 9.17) is 10.00 Å². The normalized spacial score (nSPS) is 24.2. The number of halogens is 1. The maximum absolute atomic E-state index is 14.0. The molecule has 6 heteroatoms. The van der Waals surface area contributed by atoms with Gasteiger partial charge in [-0.1, -0.05) is 12.8 Å². The van der Waals surface area contributed by atoms with Gasteiger partial charge in [-0.2, -0.15) is 5.26 Å². The number of ether oxygens (including phenoxy) is 1. The number of aliphatic imine (C=N–C) groups is 1. The summed E-state index contributed by atoms with van der Waals surface area (Å²) in [6, 6.07) is 6.77. The van der Waals surface area contributed by atoms with Gasteiger partial charge in [0.1, 0.15) is 5.82 Å². The summed E-state index contributed by atoms with van der Waals surface area (Å²) in [5.74, 6) is 0.345. The van der Waals surface area contributed by atoms with Gasteiger partial charge in [-0.05, 0) is 44.4 Å². The molecule has 1 spiro atoms. The number of hydrogen-bond donors (Lipinski definition) is 2. The molecule has 3 rings (SSSR count). The van der Waals surface area contributed by atoms with Crippen molar-refractivity contribution in [2.75, 3.05) is 13.7 Å². The highest BCUT2D eigenvalue weighted by atomic mass is 19.1. The van der Waals surface area contributed by atoms with E-state index in [2.05, 4.69) is 15.6 Å². The van der Waals surface area contributed by atoms with Crippen LogP contribution in [0.4, 0.5) is 4.39 Å². The van der Waals surface area contributed by atoms with Crippen molar-refractivity contribution in [1.82, 2.24) is 10.6 Å². The summed E-state index contributed by atoms with van der Waals surface area (Å²) < 4.78 is 19.9. The summed E-state index contributed by atoms with van der Waals surface area (Å²) >= 11 is 0. The molecule has 2 atom stereocenters. The molecule has 0 radical (unpaired) electrons. The van der Waals surface area contributed by atoms with Crippen LogP contribution in [0.5, 0.6) is 0 Å². The van der Waals surface area contributed by atoms with E-state index in [0.29, 0.717) is 29.2 Å². The van der Waals surface area contributed by atoms with Crippen molar-refractivity contribution < 1.29 is 9.13 Å². The van der Waals surface area contributed by atoms with Crippen LogP contribution in [0.15, 0.2) is 23.2 Å². The Bertz CT molecular complexity index is 706. The van der Waals surface area contributed by atoms with Crippen LogP contribution in [0.3, 0.4) is 0 Å². The Hall–Kier alpha value is -2.13. The molecular formula is C20H27FN4O. The SMILES string of the molecule is CCOC1CC(NC(=NC)NCc2cc(C#N)ccc2F)C12CCCC2.